The molecule has 3 aromatic rings. The average molecular weight is 326 g/mol. The molecule has 0 saturated carbocycles. The molecule has 1 N–H and O–H groups in total. The van der Waals surface area contributed by atoms with Gasteiger partial charge in [-0.25, -0.2) is 4.98 Å². The van der Waals surface area contributed by atoms with E-state index in [0.717, 1.165) is 18.4 Å². The molecule has 23 heavy (non-hydrogen) atoms. The van der Waals surface area contributed by atoms with Crippen LogP contribution in [0.25, 0.3) is 0 Å². The Labute approximate surface area is 139 Å². The zero-order valence-electron chi connectivity index (χ0n) is 12.9. The van der Waals surface area contributed by atoms with Gasteiger partial charge in [0.2, 0.25) is 0 Å². The third kappa shape index (κ3) is 3.84. The fourth-order valence-electron chi connectivity index (χ4n) is 2.33. The summed E-state index contributed by atoms with van der Waals surface area (Å²) in [6.07, 6.45) is 9.31. The van der Waals surface area contributed by atoms with Gasteiger partial charge >= 0.3 is 0 Å². The first-order valence-corrected chi connectivity index (χ1v) is 8.38. The van der Waals surface area contributed by atoms with Crippen LogP contribution in [-0.4, -0.2) is 20.4 Å². The maximum Gasteiger partial charge on any atom is 0.274 e. The number of aryl methyl sites for hydroxylation is 1. The molecule has 0 spiro atoms. The van der Waals surface area contributed by atoms with Crippen molar-refractivity contribution in [1.82, 2.24) is 14.5 Å². The number of carbonyl (C=O) groups excluding carboxylic acids is 1. The highest BCUT2D eigenvalue weighted by Gasteiger charge is 2.13. The number of carbonyl (C=O) groups is 1. The minimum Gasteiger partial charge on any atom is -0.339 e. The third-order valence-electron chi connectivity index (χ3n) is 3.43. The van der Waals surface area contributed by atoms with Crippen LogP contribution in [0.5, 0.6) is 0 Å². The summed E-state index contributed by atoms with van der Waals surface area (Å²) in [4.78, 5) is 21.9. The molecule has 5 nitrogen and oxygen atoms in total. The SMILES string of the molecule is CCCc1cnc(NC(=O)c2cccn2Cc2ccncc2)s1. The molecule has 0 aromatic carbocycles. The number of hydrogen-bond donors (Lipinski definition) is 1. The Morgan fingerprint density at radius 1 is 1.30 bits per heavy atom. The summed E-state index contributed by atoms with van der Waals surface area (Å²) < 4.78 is 1.92. The number of pyridine rings is 1. The number of nitrogens with zero attached hydrogens (tertiary/aromatic N) is 3. The smallest absolute Gasteiger partial charge is 0.274 e. The predicted molar refractivity (Wildman–Crippen MR) is 91.8 cm³/mol. The number of nitrogens with one attached hydrogen (secondary N) is 1. The van der Waals surface area contributed by atoms with Crippen LogP contribution in [0, 0.1) is 0 Å². The highest BCUT2D eigenvalue weighted by Crippen LogP contribution is 2.20. The van der Waals surface area contributed by atoms with Gasteiger partial charge in [-0.05, 0) is 36.2 Å². The third-order valence-corrected chi connectivity index (χ3v) is 4.41. The minimum atomic E-state index is -0.138. The monoisotopic (exact) mass is 326 g/mol. The van der Waals surface area contributed by atoms with Gasteiger partial charge in [-0.1, -0.05) is 13.3 Å². The van der Waals surface area contributed by atoms with Crippen molar-refractivity contribution < 1.29 is 4.79 Å². The molecule has 0 saturated heterocycles. The van der Waals surface area contributed by atoms with Crippen molar-refractivity contribution in [2.75, 3.05) is 5.32 Å². The average Bonchev–Trinajstić information content (AvgIpc) is 3.18. The first kappa shape index (κ1) is 15.4. The first-order chi connectivity index (χ1) is 11.3. The van der Waals surface area contributed by atoms with Crippen LogP contribution in [0.3, 0.4) is 0 Å². The standard InChI is InChI=1S/C17H18N4OS/c1-2-4-14-11-19-17(23-14)20-16(22)15-5-3-10-21(15)12-13-6-8-18-9-7-13/h3,5-11H,2,4,12H2,1H3,(H,19,20,22). The molecule has 6 heteroatoms. The van der Waals surface area contributed by atoms with E-state index in [1.807, 2.05) is 41.2 Å². The van der Waals surface area contributed by atoms with Gasteiger partial charge in [-0.15, -0.1) is 11.3 Å². The lowest BCUT2D eigenvalue weighted by atomic mass is 10.2. The molecule has 3 heterocycles. The lowest BCUT2D eigenvalue weighted by molar-refractivity contribution is 0.101. The molecule has 118 valence electrons. The Hall–Kier alpha value is -2.47. The van der Waals surface area contributed by atoms with Gasteiger partial charge < -0.3 is 4.57 Å². The van der Waals surface area contributed by atoms with Crippen molar-refractivity contribution >= 4 is 22.4 Å². The Bertz CT molecular complexity index is 779. The molecule has 0 aliphatic rings. The Morgan fingerprint density at radius 3 is 2.91 bits per heavy atom. The van der Waals surface area contributed by atoms with Crippen LogP contribution >= 0.6 is 11.3 Å². The molecule has 1 amide bonds. The number of rotatable bonds is 6. The molecule has 0 radical (unpaired) electrons. The molecule has 0 aliphatic carbocycles. The van der Waals surface area contributed by atoms with E-state index >= 15 is 0 Å². The summed E-state index contributed by atoms with van der Waals surface area (Å²) in [5.41, 5.74) is 1.72. The highest BCUT2D eigenvalue weighted by molar-refractivity contribution is 7.15. The van der Waals surface area contributed by atoms with Gasteiger partial charge in [-0.3, -0.25) is 15.1 Å². The van der Waals surface area contributed by atoms with Gasteiger partial charge in [0.25, 0.3) is 5.91 Å². The quantitative estimate of drug-likeness (QED) is 0.753. The van der Waals surface area contributed by atoms with E-state index in [-0.39, 0.29) is 5.91 Å². The fraction of sp³-hybridized carbons (Fsp3) is 0.235. The second-order valence-electron chi connectivity index (χ2n) is 5.21. The summed E-state index contributed by atoms with van der Waals surface area (Å²) in [6.45, 7) is 2.77. The maximum absolute atomic E-state index is 12.5. The first-order valence-electron chi connectivity index (χ1n) is 7.56. The number of aromatic nitrogens is 3. The molecule has 0 unspecified atom stereocenters. The largest absolute Gasteiger partial charge is 0.339 e. The topological polar surface area (TPSA) is 59.8 Å². The van der Waals surface area contributed by atoms with Crippen LogP contribution in [0.15, 0.2) is 49.1 Å². The predicted octanol–water partition coefficient (Wildman–Crippen LogP) is 3.59. The summed E-state index contributed by atoms with van der Waals surface area (Å²) in [7, 11) is 0. The summed E-state index contributed by atoms with van der Waals surface area (Å²) >= 11 is 1.53. The summed E-state index contributed by atoms with van der Waals surface area (Å²) in [6, 6.07) is 7.58. The van der Waals surface area contributed by atoms with E-state index in [1.54, 1.807) is 12.4 Å². The van der Waals surface area contributed by atoms with Gasteiger partial charge in [0.1, 0.15) is 5.69 Å². The molecule has 0 aliphatic heterocycles. The molecule has 3 rings (SSSR count). The minimum absolute atomic E-state index is 0.138. The second-order valence-corrected chi connectivity index (χ2v) is 6.33. The van der Waals surface area contributed by atoms with Crippen LogP contribution in [0.1, 0.15) is 34.3 Å². The van der Waals surface area contributed by atoms with Gasteiger partial charge in [0.05, 0.1) is 0 Å². The summed E-state index contributed by atoms with van der Waals surface area (Å²) in [5.74, 6) is -0.138. The molecular formula is C17H18N4OS. The second kappa shape index (κ2) is 7.19. The molecule has 0 fully saturated rings. The number of hydrogen-bond acceptors (Lipinski definition) is 4. The van der Waals surface area contributed by atoms with E-state index in [2.05, 4.69) is 22.2 Å². The Balaban J connectivity index is 1.71. The number of thiazole rings is 1. The number of amides is 1. The lowest BCUT2D eigenvalue weighted by Gasteiger charge is -2.08. The van der Waals surface area contributed by atoms with Gasteiger partial charge in [-0.2, -0.15) is 0 Å². The Kier molecular flexibility index (Phi) is 4.83. The van der Waals surface area contributed by atoms with Crippen molar-refractivity contribution in [2.45, 2.75) is 26.3 Å². The lowest BCUT2D eigenvalue weighted by Crippen LogP contribution is -2.17. The van der Waals surface area contributed by atoms with Crippen molar-refractivity contribution in [2.24, 2.45) is 0 Å². The molecular weight excluding hydrogens is 308 g/mol. The van der Waals surface area contributed by atoms with Gasteiger partial charge in [0, 0.05) is 36.2 Å². The zero-order valence-corrected chi connectivity index (χ0v) is 13.7. The van der Waals surface area contributed by atoms with Crippen LogP contribution in [0.2, 0.25) is 0 Å². The fourth-order valence-corrected chi connectivity index (χ4v) is 3.24. The molecule has 0 bridgehead atoms. The molecule has 0 atom stereocenters. The van der Waals surface area contributed by atoms with E-state index in [9.17, 15) is 4.79 Å². The van der Waals surface area contributed by atoms with Crippen molar-refractivity contribution in [3.05, 3.63) is 65.2 Å². The highest BCUT2D eigenvalue weighted by atomic mass is 32.1. The molecule has 3 aromatic heterocycles. The maximum atomic E-state index is 12.5. The van der Waals surface area contributed by atoms with Crippen LogP contribution < -0.4 is 5.32 Å². The van der Waals surface area contributed by atoms with E-state index < -0.39 is 0 Å². The number of anilines is 1. The van der Waals surface area contributed by atoms with Crippen molar-refractivity contribution in [1.29, 1.82) is 0 Å². The van der Waals surface area contributed by atoms with Crippen LogP contribution in [0.4, 0.5) is 5.13 Å². The van der Waals surface area contributed by atoms with E-state index in [0.29, 0.717) is 17.4 Å². The summed E-state index contributed by atoms with van der Waals surface area (Å²) in [5, 5.41) is 3.53. The van der Waals surface area contributed by atoms with Crippen molar-refractivity contribution in [3.8, 4) is 0 Å². The van der Waals surface area contributed by atoms with E-state index in [1.165, 1.54) is 16.2 Å². The zero-order chi connectivity index (χ0) is 16.1. The van der Waals surface area contributed by atoms with E-state index in [4.69, 9.17) is 0 Å². The Morgan fingerprint density at radius 2 is 2.13 bits per heavy atom. The van der Waals surface area contributed by atoms with Crippen molar-refractivity contribution in [3.63, 3.8) is 0 Å². The van der Waals surface area contributed by atoms with Crippen LogP contribution in [-0.2, 0) is 13.0 Å². The normalized spacial score (nSPS) is 10.7. The van der Waals surface area contributed by atoms with Gasteiger partial charge in [0.15, 0.2) is 5.13 Å².